The molecule has 1 aromatic heterocycles. The molecule has 0 fully saturated rings. The van der Waals surface area contributed by atoms with Gasteiger partial charge in [0.15, 0.2) is 17.5 Å². The van der Waals surface area contributed by atoms with Crippen molar-refractivity contribution in [2.75, 3.05) is 32.8 Å². The fraction of sp³-hybridized carbons (Fsp3) is 0.476. The Morgan fingerprint density at radius 2 is 1.79 bits per heavy atom. The van der Waals surface area contributed by atoms with Crippen molar-refractivity contribution in [1.82, 2.24) is 10.6 Å². The van der Waals surface area contributed by atoms with Gasteiger partial charge in [-0.15, -0.1) is 24.0 Å². The lowest BCUT2D eigenvalue weighted by Gasteiger charge is -2.14. The third-order valence-corrected chi connectivity index (χ3v) is 3.87. The Kier molecular flexibility index (Phi) is 12.2. The number of aliphatic imine (C=N–C) groups is 1. The standard InChI is InChI=1S/C21H31N3O3.HI/c1-4-22-21(24-14-12-18-8-7-15-27-18)23-13-11-17-9-10-19(25-5-2)20(16-17)26-6-3;/h7-10,15-16H,4-6,11-14H2,1-3H3,(H2,22,23,24);1H. The maximum atomic E-state index is 5.69. The van der Waals surface area contributed by atoms with Gasteiger partial charge in [-0.2, -0.15) is 0 Å². The molecule has 0 unspecified atom stereocenters. The van der Waals surface area contributed by atoms with Crippen molar-refractivity contribution in [1.29, 1.82) is 0 Å². The first kappa shape index (κ1) is 24.1. The molecule has 1 aromatic carbocycles. The SMILES string of the molecule is CCNC(=NCCc1ccco1)NCCc1ccc(OCC)c(OCC)c1.I. The van der Waals surface area contributed by atoms with Gasteiger partial charge in [-0.05, 0) is 57.0 Å². The largest absolute Gasteiger partial charge is 0.490 e. The zero-order chi connectivity index (χ0) is 19.3. The van der Waals surface area contributed by atoms with Crippen molar-refractivity contribution in [2.24, 2.45) is 4.99 Å². The molecular formula is C21H32IN3O3. The molecule has 0 spiro atoms. The van der Waals surface area contributed by atoms with E-state index in [-0.39, 0.29) is 24.0 Å². The highest BCUT2D eigenvalue weighted by Gasteiger charge is 2.06. The number of furan rings is 1. The zero-order valence-electron chi connectivity index (χ0n) is 17.0. The highest BCUT2D eigenvalue weighted by atomic mass is 127. The predicted octanol–water partition coefficient (Wildman–Crippen LogP) is 4.04. The van der Waals surface area contributed by atoms with E-state index < -0.39 is 0 Å². The summed E-state index contributed by atoms with van der Waals surface area (Å²) in [5.41, 5.74) is 1.20. The third-order valence-electron chi connectivity index (χ3n) is 3.87. The Morgan fingerprint density at radius 1 is 1.00 bits per heavy atom. The summed E-state index contributed by atoms with van der Waals surface area (Å²) in [7, 11) is 0. The lowest BCUT2D eigenvalue weighted by molar-refractivity contribution is 0.287. The van der Waals surface area contributed by atoms with Crippen LogP contribution in [0.2, 0.25) is 0 Å². The normalized spacial score (nSPS) is 10.9. The molecule has 0 amide bonds. The van der Waals surface area contributed by atoms with E-state index in [1.165, 1.54) is 5.56 Å². The number of nitrogens with zero attached hydrogens (tertiary/aromatic N) is 1. The van der Waals surface area contributed by atoms with Crippen LogP contribution in [0.15, 0.2) is 46.0 Å². The van der Waals surface area contributed by atoms with Crippen LogP contribution in [-0.2, 0) is 12.8 Å². The molecular weight excluding hydrogens is 469 g/mol. The number of benzene rings is 1. The fourth-order valence-corrected chi connectivity index (χ4v) is 2.65. The molecule has 0 saturated heterocycles. The Hall–Kier alpha value is -1.90. The van der Waals surface area contributed by atoms with Gasteiger partial charge in [-0.25, -0.2) is 0 Å². The summed E-state index contributed by atoms with van der Waals surface area (Å²) >= 11 is 0. The average molecular weight is 501 g/mol. The van der Waals surface area contributed by atoms with Crippen molar-refractivity contribution in [3.05, 3.63) is 47.9 Å². The second-order valence-electron chi connectivity index (χ2n) is 5.91. The topological polar surface area (TPSA) is 68.0 Å². The van der Waals surface area contributed by atoms with Gasteiger partial charge < -0.3 is 24.5 Å². The first-order valence-corrected chi connectivity index (χ1v) is 9.69. The maximum Gasteiger partial charge on any atom is 0.191 e. The van der Waals surface area contributed by atoms with Crippen molar-refractivity contribution in [3.63, 3.8) is 0 Å². The number of hydrogen-bond acceptors (Lipinski definition) is 4. The molecule has 156 valence electrons. The van der Waals surface area contributed by atoms with Crippen molar-refractivity contribution < 1.29 is 13.9 Å². The van der Waals surface area contributed by atoms with E-state index >= 15 is 0 Å². The molecule has 0 aliphatic rings. The van der Waals surface area contributed by atoms with Crippen molar-refractivity contribution in [2.45, 2.75) is 33.6 Å². The second-order valence-corrected chi connectivity index (χ2v) is 5.91. The summed E-state index contributed by atoms with van der Waals surface area (Å²) in [6.07, 6.45) is 3.35. The van der Waals surface area contributed by atoms with Crippen LogP contribution in [0.1, 0.15) is 32.1 Å². The van der Waals surface area contributed by atoms with E-state index in [2.05, 4.69) is 34.7 Å². The molecule has 28 heavy (non-hydrogen) atoms. The van der Waals surface area contributed by atoms with E-state index in [1.807, 2.05) is 32.0 Å². The van der Waals surface area contributed by atoms with Gasteiger partial charge in [0.1, 0.15) is 5.76 Å². The van der Waals surface area contributed by atoms with Crippen molar-refractivity contribution >= 4 is 29.9 Å². The minimum atomic E-state index is 0. The summed E-state index contributed by atoms with van der Waals surface area (Å²) in [6.45, 7) is 9.55. The Balaban J connectivity index is 0.00000392. The molecule has 0 aliphatic carbocycles. The van der Waals surface area contributed by atoms with E-state index in [1.54, 1.807) is 6.26 Å². The quantitative estimate of drug-likeness (QED) is 0.277. The summed E-state index contributed by atoms with van der Waals surface area (Å²) in [4.78, 5) is 4.59. The van der Waals surface area contributed by atoms with E-state index in [9.17, 15) is 0 Å². The first-order valence-electron chi connectivity index (χ1n) is 9.69. The van der Waals surface area contributed by atoms with Gasteiger partial charge in [-0.1, -0.05) is 6.07 Å². The first-order chi connectivity index (χ1) is 13.3. The highest BCUT2D eigenvalue weighted by molar-refractivity contribution is 14.0. The Bertz CT molecular complexity index is 690. The van der Waals surface area contributed by atoms with Gasteiger partial charge in [-0.3, -0.25) is 4.99 Å². The molecule has 6 nitrogen and oxygen atoms in total. The van der Waals surface area contributed by atoms with Crippen LogP contribution in [0.5, 0.6) is 11.5 Å². The van der Waals surface area contributed by atoms with Crippen molar-refractivity contribution in [3.8, 4) is 11.5 Å². The number of halogens is 1. The molecule has 0 radical (unpaired) electrons. The van der Waals surface area contributed by atoms with Gasteiger partial charge >= 0.3 is 0 Å². The molecule has 0 bridgehead atoms. The zero-order valence-corrected chi connectivity index (χ0v) is 19.3. The second kappa shape index (κ2) is 14.1. The maximum absolute atomic E-state index is 5.69. The van der Waals surface area contributed by atoms with Crippen LogP contribution < -0.4 is 20.1 Å². The predicted molar refractivity (Wildman–Crippen MR) is 124 cm³/mol. The summed E-state index contributed by atoms with van der Waals surface area (Å²) in [6, 6.07) is 9.98. The van der Waals surface area contributed by atoms with E-state index in [0.717, 1.165) is 49.1 Å². The Labute approximate surface area is 185 Å². The molecule has 0 atom stereocenters. The lowest BCUT2D eigenvalue weighted by atomic mass is 10.1. The monoisotopic (exact) mass is 501 g/mol. The van der Waals surface area contributed by atoms with Gasteiger partial charge in [0.2, 0.25) is 0 Å². The van der Waals surface area contributed by atoms with Gasteiger partial charge in [0, 0.05) is 26.1 Å². The minimum absolute atomic E-state index is 0. The number of rotatable bonds is 11. The molecule has 2 aromatic rings. The van der Waals surface area contributed by atoms with Crippen LogP contribution in [0.3, 0.4) is 0 Å². The number of ether oxygens (including phenoxy) is 2. The smallest absolute Gasteiger partial charge is 0.191 e. The molecule has 1 heterocycles. The average Bonchev–Trinajstić information content (AvgIpc) is 3.17. The van der Waals surface area contributed by atoms with Crippen LogP contribution >= 0.6 is 24.0 Å². The lowest BCUT2D eigenvalue weighted by Crippen LogP contribution is -2.38. The van der Waals surface area contributed by atoms with E-state index in [0.29, 0.717) is 19.8 Å². The summed E-state index contributed by atoms with van der Waals surface area (Å²) < 4.78 is 16.7. The highest BCUT2D eigenvalue weighted by Crippen LogP contribution is 2.28. The molecule has 0 saturated carbocycles. The molecule has 2 N–H and O–H groups in total. The van der Waals surface area contributed by atoms with Crippen LogP contribution in [-0.4, -0.2) is 38.8 Å². The summed E-state index contributed by atoms with van der Waals surface area (Å²) in [5.74, 6) is 3.37. The molecule has 7 heteroatoms. The van der Waals surface area contributed by atoms with Crippen LogP contribution in [0.4, 0.5) is 0 Å². The number of nitrogens with one attached hydrogen (secondary N) is 2. The van der Waals surface area contributed by atoms with Gasteiger partial charge in [0.25, 0.3) is 0 Å². The van der Waals surface area contributed by atoms with Crippen LogP contribution in [0.25, 0.3) is 0 Å². The van der Waals surface area contributed by atoms with Gasteiger partial charge in [0.05, 0.1) is 19.5 Å². The third kappa shape index (κ3) is 8.41. The Morgan fingerprint density at radius 3 is 2.46 bits per heavy atom. The number of guanidine groups is 1. The fourth-order valence-electron chi connectivity index (χ4n) is 2.65. The van der Waals surface area contributed by atoms with E-state index in [4.69, 9.17) is 13.9 Å². The molecule has 2 rings (SSSR count). The minimum Gasteiger partial charge on any atom is -0.490 e. The molecule has 0 aliphatic heterocycles. The number of hydrogen-bond donors (Lipinski definition) is 2. The van der Waals surface area contributed by atoms with Crippen LogP contribution in [0, 0.1) is 0 Å². The summed E-state index contributed by atoms with van der Waals surface area (Å²) in [5, 5.41) is 6.65.